The molecule has 0 saturated heterocycles. The number of aliphatic carboxylic acids is 1. The van der Waals surface area contributed by atoms with Crippen LogP contribution >= 0.6 is 23.2 Å². The molecule has 0 spiro atoms. The molecule has 8 rings (SSSR count). The molecule has 0 aromatic carbocycles. The third kappa shape index (κ3) is 13.8. The molecule has 18 nitrogen and oxygen atoms in total. The van der Waals surface area contributed by atoms with Crippen molar-refractivity contribution in [3.8, 4) is 22.8 Å². The van der Waals surface area contributed by atoms with Gasteiger partial charge in [-0.3, -0.25) is 9.59 Å². The maximum Gasteiger partial charge on any atom is 0.333 e. The van der Waals surface area contributed by atoms with Crippen molar-refractivity contribution < 1.29 is 47.3 Å². The van der Waals surface area contributed by atoms with E-state index in [9.17, 15) is 28.7 Å². The second-order valence-corrected chi connectivity index (χ2v) is 19.6. The number of fused-ring (bicyclic) bond motifs is 2. The molecule has 0 saturated carbocycles. The molecular formula is C54H62Cl2F2N10O8. The van der Waals surface area contributed by atoms with Gasteiger partial charge in [-0.15, -0.1) is 0 Å². The fourth-order valence-corrected chi connectivity index (χ4v) is 10.0. The first-order valence-electron chi connectivity index (χ1n) is 25.4. The van der Waals surface area contributed by atoms with Gasteiger partial charge in [-0.2, -0.15) is 0 Å². The molecule has 5 N–H and O–H groups in total. The molecule has 22 heteroatoms. The molecule has 0 fully saturated rings. The Balaban J connectivity index is 0.000000221. The Morgan fingerprint density at radius 3 is 1.49 bits per heavy atom. The summed E-state index contributed by atoms with van der Waals surface area (Å²) >= 11 is 12.3. The van der Waals surface area contributed by atoms with E-state index >= 15 is 4.39 Å². The molecule has 404 valence electrons. The summed E-state index contributed by atoms with van der Waals surface area (Å²) < 4.78 is 48.0. The largest absolute Gasteiger partial charge is 0.478 e. The topological polar surface area (TPSA) is 249 Å². The summed E-state index contributed by atoms with van der Waals surface area (Å²) in [5, 5.41) is 17.9. The summed E-state index contributed by atoms with van der Waals surface area (Å²) in [6, 6.07) is 2.40. The fraction of sp³-hybridized carbons (Fsp3) is 0.444. The second-order valence-electron chi connectivity index (χ2n) is 18.7. The number of hydrogen-bond acceptors (Lipinski definition) is 13. The van der Waals surface area contributed by atoms with Crippen LogP contribution in [0.15, 0.2) is 72.6 Å². The minimum absolute atomic E-state index is 0.0349. The molecule has 0 bridgehead atoms. The van der Waals surface area contributed by atoms with Gasteiger partial charge in [0.25, 0.3) is 0 Å². The zero-order valence-electron chi connectivity index (χ0n) is 43.3. The molecule has 2 amide bonds. The first-order valence-corrected chi connectivity index (χ1v) is 26.1. The van der Waals surface area contributed by atoms with Crippen LogP contribution < -0.4 is 10.6 Å². The summed E-state index contributed by atoms with van der Waals surface area (Å²) in [4.78, 5) is 81.0. The van der Waals surface area contributed by atoms with E-state index < -0.39 is 59.7 Å². The molecule has 6 atom stereocenters. The van der Waals surface area contributed by atoms with Crippen LogP contribution in [0.4, 0.5) is 8.78 Å². The van der Waals surface area contributed by atoms with E-state index in [1.807, 2.05) is 27.7 Å². The average Bonchev–Trinajstić information content (AvgIpc) is 4.02. The smallest absolute Gasteiger partial charge is 0.333 e. The van der Waals surface area contributed by atoms with Crippen LogP contribution in [0, 0.1) is 23.5 Å². The van der Waals surface area contributed by atoms with E-state index in [1.165, 1.54) is 26.2 Å². The minimum atomic E-state index is -1.07. The van der Waals surface area contributed by atoms with Gasteiger partial charge in [0, 0.05) is 109 Å². The van der Waals surface area contributed by atoms with Gasteiger partial charge in [0.2, 0.25) is 11.8 Å². The highest BCUT2D eigenvalue weighted by Crippen LogP contribution is 2.35. The SMILES string of the molecule is CCC(CC)O[C@@H]1CC(C(=O)O)=CC(Cc2nc(-c3c[nH]c4ncc(Cl)cc34)ncc2F)[C@H]1NC(C)=O.CCOC(=O)C1=CC(Cc2nc(-c3c[nH]c4ncc(Cl)cc34)ncc2F)[C@@H](NC(C)=O)[C@H](OC(CC)CC)C1. The van der Waals surface area contributed by atoms with Gasteiger partial charge < -0.3 is 39.9 Å². The number of amides is 2. The zero-order valence-corrected chi connectivity index (χ0v) is 44.8. The number of rotatable bonds is 19. The molecule has 2 unspecified atom stereocenters. The van der Waals surface area contributed by atoms with Crippen LogP contribution in [0.2, 0.25) is 10.0 Å². The average molecular weight is 1090 g/mol. The molecular weight excluding hydrogens is 1030 g/mol. The molecule has 6 aromatic heterocycles. The molecule has 76 heavy (non-hydrogen) atoms. The van der Waals surface area contributed by atoms with Crippen molar-refractivity contribution in [1.82, 2.24) is 50.5 Å². The maximum absolute atomic E-state index is 15.1. The minimum Gasteiger partial charge on any atom is -0.478 e. The number of nitrogens with one attached hydrogen (secondary N) is 4. The predicted octanol–water partition coefficient (Wildman–Crippen LogP) is 9.41. The van der Waals surface area contributed by atoms with Crippen LogP contribution in [-0.4, -0.2) is 112 Å². The number of hydrogen-bond donors (Lipinski definition) is 5. The standard InChI is InChI=1S/C28H33ClFN5O4.C26H29ClFN5O4/c1-5-19(6-2)39-24-10-17(28(37)38-7-3)8-16(25(24)34-15(4)36)9-23-22(30)14-33-27(35-23)21-13-32-26-20(21)11-18(29)12-31-26;1-4-17(5-2)37-22-8-15(26(35)36)6-14(23(22)32-13(3)34)7-21-20(28)12-31-25(33-21)19-11-30-24-18(19)9-16(27)10-29-24/h8,11-14,16,19,24-25H,5-7,9-10H2,1-4H3,(H,31,32)(H,34,36);6,9-12,14,17,22-23H,4-5,7-8H2,1-3H3,(H,29,30)(H,32,34)(H,35,36)/t16?,24-,25-;14?,22-,23-/m11/s1. The van der Waals surface area contributed by atoms with Gasteiger partial charge in [-0.25, -0.2) is 48.3 Å². The predicted molar refractivity (Wildman–Crippen MR) is 282 cm³/mol. The zero-order chi connectivity index (χ0) is 54.8. The summed E-state index contributed by atoms with van der Waals surface area (Å²) in [5.41, 5.74) is 3.26. The van der Waals surface area contributed by atoms with Crippen molar-refractivity contribution >= 4 is 69.0 Å². The number of ether oxygens (including phenoxy) is 3. The Kier molecular flexibility index (Phi) is 19.4. The quantitative estimate of drug-likeness (QED) is 0.0474. The van der Waals surface area contributed by atoms with E-state index in [0.717, 1.165) is 38.1 Å². The number of aromatic nitrogens is 8. The lowest BCUT2D eigenvalue weighted by atomic mass is 9.80. The number of carboxylic acids is 1. The highest BCUT2D eigenvalue weighted by Gasteiger charge is 2.40. The highest BCUT2D eigenvalue weighted by atomic mass is 35.5. The van der Waals surface area contributed by atoms with Crippen LogP contribution in [0.5, 0.6) is 0 Å². The molecule has 6 heterocycles. The number of nitrogens with zero attached hydrogens (tertiary/aromatic N) is 6. The normalized spacial score (nSPS) is 19.5. The van der Waals surface area contributed by atoms with E-state index in [1.54, 1.807) is 43.6 Å². The Morgan fingerprint density at radius 2 is 1.09 bits per heavy atom. The molecule has 2 aliphatic rings. The fourth-order valence-electron chi connectivity index (χ4n) is 9.72. The molecule has 0 aliphatic heterocycles. The molecule has 6 aromatic rings. The van der Waals surface area contributed by atoms with Gasteiger partial charge in [0.1, 0.15) is 11.3 Å². The number of H-pyrrole nitrogens is 2. The lowest BCUT2D eigenvalue weighted by Crippen LogP contribution is -2.52. The van der Waals surface area contributed by atoms with Gasteiger partial charge in [0.15, 0.2) is 23.3 Å². The van der Waals surface area contributed by atoms with E-state index in [2.05, 4.69) is 50.5 Å². The lowest BCUT2D eigenvalue weighted by Gasteiger charge is -2.38. The maximum atomic E-state index is 15.1. The third-order valence-electron chi connectivity index (χ3n) is 13.5. The monoisotopic (exact) mass is 1090 g/mol. The van der Waals surface area contributed by atoms with Crippen molar-refractivity contribution in [1.29, 1.82) is 0 Å². The van der Waals surface area contributed by atoms with Crippen molar-refractivity contribution in [3.05, 3.63) is 106 Å². The van der Waals surface area contributed by atoms with Crippen LogP contribution in [0.25, 0.3) is 44.8 Å². The molecule has 2 aliphatic carbocycles. The first-order chi connectivity index (χ1) is 36.4. The number of esters is 1. The number of carboxylic acid groups (broad SMARTS) is 1. The van der Waals surface area contributed by atoms with E-state index in [4.69, 9.17) is 37.4 Å². The summed E-state index contributed by atoms with van der Waals surface area (Å²) in [6.07, 6.45) is 14.3. The van der Waals surface area contributed by atoms with Crippen molar-refractivity contribution in [2.75, 3.05) is 6.61 Å². The van der Waals surface area contributed by atoms with Crippen molar-refractivity contribution in [2.45, 2.75) is 136 Å². The molecule has 0 radical (unpaired) electrons. The van der Waals surface area contributed by atoms with Gasteiger partial charge in [-0.05, 0) is 44.7 Å². The number of carbonyl (C=O) groups excluding carboxylic acids is 3. The Bertz CT molecular complexity index is 3120. The van der Waals surface area contributed by atoms with Gasteiger partial charge in [-0.1, -0.05) is 63.0 Å². The number of carbonyl (C=O) groups is 4. The first kappa shape index (κ1) is 57.0. The van der Waals surface area contributed by atoms with E-state index in [-0.39, 0.29) is 79.1 Å². The van der Waals surface area contributed by atoms with Crippen LogP contribution in [0.1, 0.15) is 98.4 Å². The van der Waals surface area contributed by atoms with E-state index in [0.29, 0.717) is 54.6 Å². The van der Waals surface area contributed by atoms with Crippen LogP contribution in [0.3, 0.4) is 0 Å². The Morgan fingerprint density at radius 1 is 0.671 bits per heavy atom. The Labute approximate surface area is 448 Å². The summed E-state index contributed by atoms with van der Waals surface area (Å²) in [5.74, 6) is -3.77. The Hall–Kier alpha value is -6.74. The van der Waals surface area contributed by atoms with Gasteiger partial charge in [0.05, 0.1) is 76.9 Å². The number of halogens is 4. The summed E-state index contributed by atoms with van der Waals surface area (Å²) in [7, 11) is 0. The number of pyridine rings is 2. The van der Waals surface area contributed by atoms with Crippen molar-refractivity contribution in [3.63, 3.8) is 0 Å². The van der Waals surface area contributed by atoms with Gasteiger partial charge >= 0.3 is 11.9 Å². The van der Waals surface area contributed by atoms with Crippen molar-refractivity contribution in [2.24, 2.45) is 11.8 Å². The highest BCUT2D eigenvalue weighted by molar-refractivity contribution is 6.31. The summed E-state index contributed by atoms with van der Waals surface area (Å²) in [6.45, 7) is 12.8. The lowest BCUT2D eigenvalue weighted by molar-refractivity contribution is -0.140. The third-order valence-corrected chi connectivity index (χ3v) is 13.9. The second kappa shape index (κ2) is 25.9. The number of aromatic amines is 2. The van der Waals surface area contributed by atoms with Crippen LogP contribution in [-0.2, 0) is 46.2 Å².